The Labute approximate surface area is 149 Å². The fourth-order valence-electron chi connectivity index (χ4n) is 3.32. The fraction of sp³-hybridized carbons (Fsp3) is 0.278. The van der Waals surface area contributed by atoms with Crippen molar-refractivity contribution in [3.05, 3.63) is 41.5 Å². The molecule has 0 spiro atoms. The van der Waals surface area contributed by atoms with E-state index in [2.05, 4.69) is 15.5 Å². The van der Waals surface area contributed by atoms with Gasteiger partial charge in [-0.3, -0.25) is 19.7 Å². The van der Waals surface area contributed by atoms with E-state index in [1.165, 1.54) is 12.0 Å². The molecule has 2 aliphatic rings. The van der Waals surface area contributed by atoms with Gasteiger partial charge in [-0.1, -0.05) is 6.07 Å². The van der Waals surface area contributed by atoms with E-state index in [1.807, 2.05) is 6.07 Å². The van der Waals surface area contributed by atoms with Crippen molar-refractivity contribution in [2.75, 3.05) is 7.11 Å². The molecular formula is C18H16N4O4. The van der Waals surface area contributed by atoms with E-state index >= 15 is 0 Å². The highest BCUT2D eigenvalue weighted by atomic mass is 16.5. The molecule has 1 fully saturated rings. The molecule has 132 valence electrons. The number of nitrogens with zero attached hydrogens (tertiary/aromatic N) is 3. The molecule has 8 heteroatoms. The Hall–Kier alpha value is -3.29. The van der Waals surface area contributed by atoms with Crippen LogP contribution in [0.15, 0.2) is 30.3 Å². The summed E-state index contributed by atoms with van der Waals surface area (Å²) in [6.07, 6.45) is 0.588. The van der Waals surface area contributed by atoms with Crippen molar-refractivity contribution in [2.45, 2.75) is 25.4 Å². The predicted molar refractivity (Wildman–Crippen MR) is 90.1 cm³/mol. The van der Waals surface area contributed by atoms with Crippen LogP contribution in [0.2, 0.25) is 0 Å². The lowest BCUT2D eigenvalue weighted by Crippen LogP contribution is -2.52. The molecule has 1 aromatic heterocycles. The molecular weight excluding hydrogens is 336 g/mol. The molecule has 3 amide bonds. The Morgan fingerprint density at radius 2 is 2.00 bits per heavy atom. The quantitative estimate of drug-likeness (QED) is 0.824. The summed E-state index contributed by atoms with van der Waals surface area (Å²) in [7, 11) is 1.52. The molecule has 2 aliphatic heterocycles. The van der Waals surface area contributed by atoms with Gasteiger partial charge < -0.3 is 9.64 Å². The van der Waals surface area contributed by atoms with Gasteiger partial charge in [-0.2, -0.15) is 0 Å². The van der Waals surface area contributed by atoms with Crippen molar-refractivity contribution in [2.24, 2.45) is 0 Å². The number of hydrogen-bond acceptors (Lipinski definition) is 6. The third kappa shape index (κ3) is 2.69. The van der Waals surface area contributed by atoms with Crippen molar-refractivity contribution in [3.8, 4) is 17.1 Å². The topological polar surface area (TPSA) is 101 Å². The van der Waals surface area contributed by atoms with Crippen LogP contribution in [0.25, 0.3) is 11.3 Å². The van der Waals surface area contributed by atoms with Gasteiger partial charge in [0.05, 0.1) is 12.8 Å². The van der Waals surface area contributed by atoms with Gasteiger partial charge in [0.25, 0.3) is 5.91 Å². The molecule has 2 aromatic rings. The number of carbonyl (C=O) groups is 3. The van der Waals surface area contributed by atoms with E-state index in [1.54, 1.807) is 24.3 Å². The molecule has 0 aliphatic carbocycles. The first kappa shape index (κ1) is 16.2. The normalized spacial score (nSPS) is 19.3. The van der Waals surface area contributed by atoms with Gasteiger partial charge in [0.15, 0.2) is 0 Å². The van der Waals surface area contributed by atoms with Crippen LogP contribution in [0.4, 0.5) is 0 Å². The number of carbonyl (C=O) groups excluding carboxylic acids is 3. The van der Waals surface area contributed by atoms with Crippen LogP contribution in [0.3, 0.4) is 0 Å². The van der Waals surface area contributed by atoms with Crippen molar-refractivity contribution in [1.29, 1.82) is 0 Å². The number of methoxy groups -OCH3 is 1. The Morgan fingerprint density at radius 3 is 2.69 bits per heavy atom. The molecule has 26 heavy (non-hydrogen) atoms. The van der Waals surface area contributed by atoms with Gasteiger partial charge in [-0.05, 0) is 30.2 Å². The first-order valence-electron chi connectivity index (χ1n) is 8.22. The summed E-state index contributed by atoms with van der Waals surface area (Å²) in [6, 6.07) is 8.33. The van der Waals surface area contributed by atoms with Crippen LogP contribution < -0.4 is 10.1 Å². The third-order valence-electron chi connectivity index (χ3n) is 4.67. The maximum Gasteiger partial charge on any atom is 0.255 e. The molecule has 0 bridgehead atoms. The van der Waals surface area contributed by atoms with Crippen molar-refractivity contribution < 1.29 is 19.1 Å². The van der Waals surface area contributed by atoms with Crippen LogP contribution in [-0.2, 0) is 16.1 Å². The Kier molecular flexibility index (Phi) is 3.87. The largest absolute Gasteiger partial charge is 0.480 e. The lowest BCUT2D eigenvalue weighted by molar-refractivity contribution is -0.136. The number of aromatic nitrogens is 2. The second-order valence-corrected chi connectivity index (χ2v) is 6.23. The molecule has 0 radical (unpaired) electrons. The molecule has 0 saturated carbocycles. The molecule has 1 unspecified atom stereocenters. The molecule has 8 nitrogen and oxygen atoms in total. The van der Waals surface area contributed by atoms with Crippen molar-refractivity contribution in [3.63, 3.8) is 0 Å². The average molecular weight is 352 g/mol. The minimum absolute atomic E-state index is 0.193. The van der Waals surface area contributed by atoms with E-state index in [9.17, 15) is 14.4 Å². The smallest absolute Gasteiger partial charge is 0.255 e. The van der Waals surface area contributed by atoms with E-state index < -0.39 is 11.9 Å². The zero-order chi connectivity index (χ0) is 18.3. The molecule has 1 aromatic carbocycles. The molecule has 1 saturated heterocycles. The van der Waals surface area contributed by atoms with E-state index in [0.717, 1.165) is 11.1 Å². The minimum atomic E-state index is -0.614. The minimum Gasteiger partial charge on any atom is -0.480 e. The molecule has 4 rings (SSSR count). The highest BCUT2D eigenvalue weighted by molar-refractivity contribution is 6.05. The maximum atomic E-state index is 12.7. The number of rotatable bonds is 3. The lowest BCUT2D eigenvalue weighted by atomic mass is 10.0. The summed E-state index contributed by atoms with van der Waals surface area (Å²) < 4.78 is 5.01. The number of nitrogens with one attached hydrogen (secondary N) is 1. The zero-order valence-corrected chi connectivity index (χ0v) is 14.1. The number of hydrogen-bond donors (Lipinski definition) is 1. The number of fused-ring (bicyclic) bond motifs is 1. The average Bonchev–Trinajstić information content (AvgIpc) is 2.98. The Morgan fingerprint density at radius 1 is 1.15 bits per heavy atom. The number of ether oxygens (including phenoxy) is 1. The van der Waals surface area contributed by atoms with Gasteiger partial charge in [-0.15, -0.1) is 10.2 Å². The number of imide groups is 1. The highest BCUT2D eigenvalue weighted by Crippen LogP contribution is 2.30. The van der Waals surface area contributed by atoms with Crippen LogP contribution in [0, 0.1) is 0 Å². The van der Waals surface area contributed by atoms with E-state index in [-0.39, 0.29) is 18.2 Å². The maximum absolute atomic E-state index is 12.7. The van der Waals surface area contributed by atoms with E-state index in [4.69, 9.17) is 4.74 Å². The SMILES string of the molecule is COc1ccc(-c2ccc3c(c2)CN(C2CCC(=O)NC2=O)C3=O)nn1. The summed E-state index contributed by atoms with van der Waals surface area (Å²) in [5.41, 5.74) is 2.90. The van der Waals surface area contributed by atoms with E-state index in [0.29, 0.717) is 30.1 Å². The van der Waals surface area contributed by atoms with Crippen LogP contribution in [-0.4, -0.2) is 46.0 Å². The molecule has 1 N–H and O–H groups in total. The third-order valence-corrected chi connectivity index (χ3v) is 4.67. The van der Waals surface area contributed by atoms with Crippen LogP contribution >= 0.6 is 0 Å². The lowest BCUT2D eigenvalue weighted by Gasteiger charge is -2.29. The number of amides is 3. The fourth-order valence-corrected chi connectivity index (χ4v) is 3.32. The summed E-state index contributed by atoms with van der Waals surface area (Å²) in [5, 5.41) is 10.4. The van der Waals surface area contributed by atoms with Gasteiger partial charge in [0.2, 0.25) is 17.7 Å². The standard InChI is InChI=1S/C18H16N4O4/c1-26-16-7-4-13(20-21-16)10-2-3-12-11(8-10)9-22(18(12)25)14-5-6-15(23)19-17(14)24/h2-4,7-8,14H,5-6,9H2,1H3,(H,19,23,24). The van der Waals surface area contributed by atoms with Gasteiger partial charge in [0.1, 0.15) is 6.04 Å². The predicted octanol–water partition coefficient (Wildman–Crippen LogP) is 0.913. The van der Waals surface area contributed by atoms with Crippen molar-refractivity contribution in [1.82, 2.24) is 20.4 Å². The number of piperidine rings is 1. The number of benzene rings is 1. The first-order chi connectivity index (χ1) is 12.6. The molecule has 1 atom stereocenters. The summed E-state index contributed by atoms with van der Waals surface area (Å²) in [6.45, 7) is 0.331. The van der Waals surface area contributed by atoms with Gasteiger partial charge >= 0.3 is 0 Å². The summed E-state index contributed by atoms with van der Waals surface area (Å²) >= 11 is 0. The summed E-state index contributed by atoms with van der Waals surface area (Å²) in [5.74, 6) is -0.476. The Bertz CT molecular complexity index is 910. The first-order valence-corrected chi connectivity index (χ1v) is 8.22. The molecule has 3 heterocycles. The van der Waals surface area contributed by atoms with Crippen LogP contribution in [0.1, 0.15) is 28.8 Å². The summed E-state index contributed by atoms with van der Waals surface area (Å²) in [4.78, 5) is 37.6. The Balaban J connectivity index is 1.60. The zero-order valence-electron chi connectivity index (χ0n) is 14.1. The van der Waals surface area contributed by atoms with Gasteiger partial charge in [0, 0.05) is 30.2 Å². The second-order valence-electron chi connectivity index (χ2n) is 6.23. The second kappa shape index (κ2) is 6.21. The highest BCUT2D eigenvalue weighted by Gasteiger charge is 2.39. The monoisotopic (exact) mass is 352 g/mol. The van der Waals surface area contributed by atoms with Gasteiger partial charge in [-0.25, -0.2) is 0 Å². The van der Waals surface area contributed by atoms with Crippen LogP contribution in [0.5, 0.6) is 5.88 Å². The van der Waals surface area contributed by atoms with Crippen molar-refractivity contribution >= 4 is 17.7 Å².